The Kier molecular flexibility index (Phi) is 4.56. The van der Waals surface area contributed by atoms with Crippen molar-refractivity contribution in [1.29, 1.82) is 0 Å². The van der Waals surface area contributed by atoms with Crippen LogP contribution in [0.2, 0.25) is 0 Å². The number of fused-ring (bicyclic) bond motifs is 1. The van der Waals surface area contributed by atoms with Crippen molar-refractivity contribution in [1.82, 2.24) is 4.90 Å². The molecule has 0 saturated carbocycles. The molecule has 1 fully saturated rings. The molecular formula is C21H22FN3O2. The fraction of sp³-hybridized carbons (Fsp3) is 0.333. The van der Waals surface area contributed by atoms with Crippen LogP contribution in [0.15, 0.2) is 42.5 Å². The van der Waals surface area contributed by atoms with Gasteiger partial charge in [0.2, 0.25) is 5.91 Å². The first kappa shape index (κ1) is 17.5. The first-order valence-electron chi connectivity index (χ1n) is 9.22. The lowest BCUT2D eigenvalue weighted by Crippen LogP contribution is -2.48. The number of halogens is 1. The van der Waals surface area contributed by atoms with Gasteiger partial charge in [-0.05, 0) is 54.4 Å². The molecule has 0 atom stereocenters. The highest BCUT2D eigenvalue weighted by Crippen LogP contribution is 2.28. The molecular weight excluding hydrogens is 345 g/mol. The highest BCUT2D eigenvalue weighted by Gasteiger charge is 2.25. The van der Waals surface area contributed by atoms with Crippen LogP contribution < -0.4 is 9.80 Å². The van der Waals surface area contributed by atoms with E-state index in [1.165, 1.54) is 12.1 Å². The van der Waals surface area contributed by atoms with Crippen molar-refractivity contribution in [3.05, 3.63) is 59.4 Å². The van der Waals surface area contributed by atoms with E-state index in [1.807, 2.05) is 23.1 Å². The van der Waals surface area contributed by atoms with Crippen LogP contribution in [-0.2, 0) is 11.2 Å². The number of carbonyl (C=O) groups is 2. The normalized spacial score (nSPS) is 17.1. The van der Waals surface area contributed by atoms with Crippen molar-refractivity contribution in [2.24, 2.45) is 0 Å². The third kappa shape index (κ3) is 3.39. The van der Waals surface area contributed by atoms with E-state index in [2.05, 4.69) is 4.90 Å². The highest BCUT2D eigenvalue weighted by atomic mass is 19.1. The maximum absolute atomic E-state index is 13.1. The van der Waals surface area contributed by atoms with Gasteiger partial charge in [0.05, 0.1) is 0 Å². The van der Waals surface area contributed by atoms with Gasteiger partial charge in [0.15, 0.2) is 0 Å². The van der Waals surface area contributed by atoms with E-state index in [0.29, 0.717) is 31.5 Å². The van der Waals surface area contributed by atoms with Gasteiger partial charge in [0.25, 0.3) is 5.91 Å². The summed E-state index contributed by atoms with van der Waals surface area (Å²) in [7, 11) is 1.77. The van der Waals surface area contributed by atoms with E-state index in [-0.39, 0.29) is 17.6 Å². The Morgan fingerprint density at radius 1 is 0.963 bits per heavy atom. The highest BCUT2D eigenvalue weighted by molar-refractivity contribution is 5.99. The van der Waals surface area contributed by atoms with Gasteiger partial charge in [-0.2, -0.15) is 0 Å². The largest absolute Gasteiger partial charge is 0.368 e. The number of nitrogens with zero attached hydrogens (tertiary/aromatic N) is 3. The summed E-state index contributed by atoms with van der Waals surface area (Å²) in [6.07, 6.45) is 1.16. The van der Waals surface area contributed by atoms with Gasteiger partial charge in [0.1, 0.15) is 5.82 Å². The van der Waals surface area contributed by atoms with Gasteiger partial charge in [-0.25, -0.2) is 4.39 Å². The fourth-order valence-electron chi connectivity index (χ4n) is 3.79. The lowest BCUT2D eigenvalue weighted by atomic mass is 9.98. The molecule has 2 aliphatic rings. The Balaban J connectivity index is 1.44. The van der Waals surface area contributed by atoms with Crippen LogP contribution in [0.25, 0.3) is 0 Å². The van der Waals surface area contributed by atoms with E-state index in [4.69, 9.17) is 0 Å². The van der Waals surface area contributed by atoms with Crippen molar-refractivity contribution in [3.8, 4) is 0 Å². The Labute approximate surface area is 158 Å². The Hall–Kier alpha value is -2.89. The molecule has 0 aromatic heterocycles. The third-order valence-corrected chi connectivity index (χ3v) is 5.43. The summed E-state index contributed by atoms with van der Waals surface area (Å²) in [6, 6.07) is 12.1. The second kappa shape index (κ2) is 7.02. The number of carbonyl (C=O) groups excluding carboxylic acids is 2. The van der Waals surface area contributed by atoms with Gasteiger partial charge < -0.3 is 14.7 Å². The third-order valence-electron chi connectivity index (χ3n) is 5.43. The topological polar surface area (TPSA) is 43.9 Å². The minimum absolute atomic E-state index is 0.0242. The quantitative estimate of drug-likeness (QED) is 0.820. The summed E-state index contributed by atoms with van der Waals surface area (Å²) in [5.74, 6) is -0.109. The lowest BCUT2D eigenvalue weighted by molar-refractivity contribution is -0.118. The van der Waals surface area contributed by atoms with Crippen LogP contribution >= 0.6 is 0 Å². The molecule has 4 rings (SSSR count). The van der Waals surface area contributed by atoms with Crippen molar-refractivity contribution >= 4 is 23.2 Å². The Morgan fingerprint density at radius 3 is 2.37 bits per heavy atom. The minimum atomic E-state index is -0.243. The first-order valence-corrected chi connectivity index (χ1v) is 9.22. The molecule has 2 amide bonds. The zero-order chi connectivity index (χ0) is 19.0. The molecule has 6 heteroatoms. The van der Waals surface area contributed by atoms with Crippen LogP contribution in [0.4, 0.5) is 15.8 Å². The van der Waals surface area contributed by atoms with E-state index < -0.39 is 0 Å². The van der Waals surface area contributed by atoms with Gasteiger partial charge >= 0.3 is 0 Å². The van der Waals surface area contributed by atoms with Gasteiger partial charge in [-0.3, -0.25) is 9.59 Å². The molecule has 0 radical (unpaired) electrons. The number of amides is 2. The Morgan fingerprint density at radius 2 is 1.67 bits per heavy atom. The maximum Gasteiger partial charge on any atom is 0.253 e. The molecule has 5 nitrogen and oxygen atoms in total. The van der Waals surface area contributed by atoms with E-state index in [1.54, 1.807) is 24.1 Å². The van der Waals surface area contributed by atoms with Crippen LogP contribution in [-0.4, -0.2) is 49.9 Å². The van der Waals surface area contributed by atoms with Crippen molar-refractivity contribution in [3.63, 3.8) is 0 Å². The number of anilines is 2. The molecule has 2 aromatic rings. The summed E-state index contributed by atoms with van der Waals surface area (Å²) < 4.78 is 13.1. The van der Waals surface area contributed by atoms with Gasteiger partial charge in [-0.15, -0.1) is 0 Å². The van der Waals surface area contributed by atoms with Gasteiger partial charge in [0, 0.05) is 56.6 Å². The zero-order valence-electron chi connectivity index (χ0n) is 15.3. The monoisotopic (exact) mass is 367 g/mol. The predicted octanol–water partition coefficient (Wildman–Crippen LogP) is 2.70. The second-order valence-electron chi connectivity index (χ2n) is 7.05. The number of hydrogen-bond acceptors (Lipinski definition) is 3. The summed E-state index contributed by atoms with van der Waals surface area (Å²) in [6.45, 7) is 2.70. The van der Waals surface area contributed by atoms with E-state index in [0.717, 1.165) is 30.0 Å². The number of hydrogen-bond donors (Lipinski definition) is 0. The van der Waals surface area contributed by atoms with E-state index >= 15 is 0 Å². The number of aryl methyl sites for hydroxylation is 1. The average Bonchev–Trinajstić information content (AvgIpc) is 2.71. The van der Waals surface area contributed by atoms with Crippen LogP contribution in [0.1, 0.15) is 22.3 Å². The fourth-order valence-corrected chi connectivity index (χ4v) is 3.79. The maximum atomic E-state index is 13.1. The van der Waals surface area contributed by atoms with Crippen molar-refractivity contribution in [2.75, 3.05) is 43.0 Å². The number of rotatable bonds is 2. The molecule has 0 bridgehead atoms. The molecule has 2 aromatic carbocycles. The molecule has 140 valence electrons. The molecule has 2 aliphatic heterocycles. The lowest BCUT2D eigenvalue weighted by Gasteiger charge is -2.36. The Bertz CT molecular complexity index is 873. The molecule has 2 heterocycles. The standard InChI is InChI=1S/C21H22FN3O2/c1-23-19-8-2-16(14-15(19)3-9-20(23)26)21(27)25-12-10-24(11-13-25)18-6-4-17(22)5-7-18/h2,4-8,14H,3,9-13H2,1H3. The minimum Gasteiger partial charge on any atom is -0.368 e. The van der Waals surface area contributed by atoms with Crippen LogP contribution in [0, 0.1) is 5.82 Å². The number of benzene rings is 2. The van der Waals surface area contributed by atoms with Crippen molar-refractivity contribution < 1.29 is 14.0 Å². The summed E-state index contributed by atoms with van der Waals surface area (Å²) in [5, 5.41) is 0. The zero-order valence-corrected chi connectivity index (χ0v) is 15.3. The van der Waals surface area contributed by atoms with E-state index in [9.17, 15) is 14.0 Å². The van der Waals surface area contributed by atoms with Crippen LogP contribution in [0.3, 0.4) is 0 Å². The second-order valence-corrected chi connectivity index (χ2v) is 7.05. The summed E-state index contributed by atoms with van der Waals surface area (Å²) >= 11 is 0. The first-order chi connectivity index (χ1) is 13.0. The molecule has 0 aliphatic carbocycles. The number of piperazine rings is 1. The SMILES string of the molecule is CN1C(=O)CCc2cc(C(=O)N3CCN(c4ccc(F)cc4)CC3)ccc21. The smallest absolute Gasteiger partial charge is 0.253 e. The molecule has 0 N–H and O–H groups in total. The predicted molar refractivity (Wildman–Crippen MR) is 103 cm³/mol. The van der Waals surface area contributed by atoms with Gasteiger partial charge in [-0.1, -0.05) is 0 Å². The molecule has 0 unspecified atom stereocenters. The van der Waals surface area contributed by atoms with Crippen LogP contribution in [0.5, 0.6) is 0 Å². The summed E-state index contributed by atoms with van der Waals surface area (Å²) in [4.78, 5) is 30.4. The molecule has 1 saturated heterocycles. The van der Waals surface area contributed by atoms with Crippen molar-refractivity contribution in [2.45, 2.75) is 12.8 Å². The molecule has 0 spiro atoms. The average molecular weight is 367 g/mol. The molecule has 27 heavy (non-hydrogen) atoms. The summed E-state index contributed by atoms with van der Waals surface area (Å²) in [5.41, 5.74) is 3.59.